The summed E-state index contributed by atoms with van der Waals surface area (Å²) in [6.07, 6.45) is 7.06. The van der Waals surface area contributed by atoms with Crippen LogP contribution in [0.4, 0.5) is 18.9 Å². The summed E-state index contributed by atoms with van der Waals surface area (Å²) in [6.45, 7) is 1.62. The lowest BCUT2D eigenvalue weighted by molar-refractivity contribution is -0.138. The number of benzene rings is 1. The predicted octanol–water partition coefficient (Wildman–Crippen LogP) is 4.78. The first-order valence-electron chi connectivity index (χ1n) is 11.1. The molecule has 170 valence electrons. The molecule has 0 aromatic heterocycles. The van der Waals surface area contributed by atoms with Crippen LogP contribution >= 0.6 is 0 Å². The summed E-state index contributed by atoms with van der Waals surface area (Å²) in [5.41, 5.74) is 0.738. The number of nitrogens with one attached hydrogen (secondary N) is 1. The molecule has 1 fully saturated rings. The molecule has 0 spiro atoms. The number of allylic oxidation sites excluding steroid dienone is 3. The maximum absolute atomic E-state index is 13.4. The summed E-state index contributed by atoms with van der Waals surface area (Å²) < 4.78 is 46.7. The number of rotatable bonds is 6. The fourth-order valence-corrected chi connectivity index (χ4v) is 5.17. The first-order valence-corrected chi connectivity index (χ1v) is 11.1. The monoisotopic (exact) mass is 436 g/mol. The smallest absolute Gasteiger partial charge is 0.396 e. The number of anilines is 1. The van der Waals surface area contributed by atoms with Crippen molar-refractivity contribution >= 4 is 5.69 Å². The average Bonchev–Trinajstić information content (AvgIpc) is 2.76. The molecule has 1 aromatic carbocycles. The molecule has 4 nitrogen and oxygen atoms in total. The van der Waals surface area contributed by atoms with Gasteiger partial charge in [-0.3, -0.25) is 0 Å². The minimum absolute atomic E-state index is 0.0344. The Labute approximate surface area is 181 Å². The van der Waals surface area contributed by atoms with Gasteiger partial charge in [-0.1, -0.05) is 24.3 Å². The van der Waals surface area contributed by atoms with Crippen molar-refractivity contribution in [2.45, 2.75) is 50.1 Å². The van der Waals surface area contributed by atoms with Crippen molar-refractivity contribution in [2.75, 3.05) is 32.1 Å². The summed E-state index contributed by atoms with van der Waals surface area (Å²) >= 11 is 0. The largest absolute Gasteiger partial charge is 0.416 e. The Morgan fingerprint density at radius 3 is 2.77 bits per heavy atom. The van der Waals surface area contributed by atoms with Crippen molar-refractivity contribution in [3.63, 3.8) is 0 Å². The molecule has 5 atom stereocenters. The van der Waals surface area contributed by atoms with Gasteiger partial charge in [-0.05, 0) is 50.9 Å². The number of aliphatic hydroxyl groups is 1. The van der Waals surface area contributed by atoms with Gasteiger partial charge >= 0.3 is 6.18 Å². The quantitative estimate of drug-likeness (QED) is 0.674. The average molecular weight is 437 g/mol. The molecular formula is C24H31F3N2O2. The second kappa shape index (κ2) is 9.35. The van der Waals surface area contributed by atoms with Gasteiger partial charge in [0.05, 0.1) is 17.8 Å². The summed E-state index contributed by atoms with van der Waals surface area (Å²) in [6, 6.07) is 4.11. The van der Waals surface area contributed by atoms with Crippen molar-refractivity contribution in [3.8, 4) is 0 Å². The number of likely N-dealkylation sites (N-methyl/N-ethyl adjacent to an activating group) is 1. The van der Waals surface area contributed by atoms with Crippen LogP contribution in [0.1, 0.15) is 42.9 Å². The van der Waals surface area contributed by atoms with Gasteiger partial charge in [0, 0.05) is 48.8 Å². The number of alkyl halides is 3. The topological polar surface area (TPSA) is 44.7 Å². The van der Waals surface area contributed by atoms with E-state index in [9.17, 15) is 13.2 Å². The van der Waals surface area contributed by atoms with Crippen LogP contribution in [0.15, 0.2) is 42.5 Å². The van der Waals surface area contributed by atoms with E-state index in [1.165, 1.54) is 6.07 Å². The minimum Gasteiger partial charge on any atom is -0.396 e. The summed E-state index contributed by atoms with van der Waals surface area (Å²) in [4.78, 5) is 2.13. The van der Waals surface area contributed by atoms with Crippen LogP contribution < -0.4 is 5.32 Å². The normalized spacial score (nSPS) is 30.1. The van der Waals surface area contributed by atoms with Crippen molar-refractivity contribution in [2.24, 2.45) is 11.8 Å². The number of hydrogen-bond acceptors (Lipinski definition) is 4. The van der Waals surface area contributed by atoms with Crippen LogP contribution in [0, 0.1) is 11.8 Å². The molecule has 31 heavy (non-hydrogen) atoms. The Balaban J connectivity index is 1.60. The van der Waals surface area contributed by atoms with E-state index in [2.05, 4.69) is 28.4 Å². The van der Waals surface area contributed by atoms with Gasteiger partial charge in [0.2, 0.25) is 0 Å². The highest BCUT2D eigenvalue weighted by atomic mass is 19.4. The fraction of sp³-hybridized carbons (Fsp3) is 0.583. The highest BCUT2D eigenvalue weighted by molar-refractivity contribution is 5.58. The lowest BCUT2D eigenvalue weighted by Crippen LogP contribution is -2.48. The molecule has 1 aromatic rings. The third-order valence-corrected chi connectivity index (χ3v) is 6.71. The zero-order chi connectivity index (χ0) is 22.0. The first-order chi connectivity index (χ1) is 14.9. The molecule has 2 N–H and O–H groups in total. The highest BCUT2D eigenvalue weighted by Gasteiger charge is 2.45. The van der Waals surface area contributed by atoms with Crippen molar-refractivity contribution in [1.82, 2.24) is 4.90 Å². The van der Waals surface area contributed by atoms with Gasteiger partial charge in [0.1, 0.15) is 0 Å². The number of aliphatic hydroxyl groups excluding tert-OH is 1. The highest BCUT2D eigenvalue weighted by Crippen LogP contribution is 2.49. The zero-order valence-electron chi connectivity index (χ0n) is 17.8. The SMILES string of the molecule is CN(CCCO)C[C@H]1CC[C@@H]2[C@H](O1)c1cc(C(F)(F)F)ccc1N[C@H]2C1C=CC=CC1. The van der Waals surface area contributed by atoms with Gasteiger partial charge in [0.25, 0.3) is 0 Å². The molecule has 2 heterocycles. The molecule has 1 saturated heterocycles. The summed E-state index contributed by atoms with van der Waals surface area (Å²) in [5.74, 6) is 0.413. The molecule has 7 heteroatoms. The Morgan fingerprint density at radius 2 is 2.06 bits per heavy atom. The van der Waals surface area contributed by atoms with Gasteiger partial charge in [-0.2, -0.15) is 13.2 Å². The van der Waals surface area contributed by atoms with Crippen LogP contribution in [0.2, 0.25) is 0 Å². The number of fused-ring (bicyclic) bond motifs is 3. The van der Waals surface area contributed by atoms with E-state index in [0.717, 1.165) is 37.6 Å². The predicted molar refractivity (Wildman–Crippen MR) is 115 cm³/mol. The summed E-state index contributed by atoms with van der Waals surface area (Å²) in [5, 5.41) is 12.6. The standard InChI is InChI=1S/C24H31F3N2O2/c1-29(12-5-13-30)15-18-9-10-19-22(16-6-3-2-4-7-16)28-21-11-8-17(24(25,26)27)14-20(21)23(19)31-18/h2-4,6,8,11,14,16,18-19,22-23,28,30H,5,7,9-10,12-13,15H2,1H3/t16?,18-,19+,22+,23+/m1/s1. The molecular weight excluding hydrogens is 405 g/mol. The van der Waals surface area contributed by atoms with Crippen molar-refractivity contribution < 1.29 is 23.0 Å². The van der Waals surface area contributed by atoms with Gasteiger partial charge in [-0.25, -0.2) is 0 Å². The molecule has 1 unspecified atom stereocenters. The minimum atomic E-state index is -4.38. The second-order valence-corrected chi connectivity index (χ2v) is 8.94. The number of hydrogen-bond donors (Lipinski definition) is 2. The molecule has 2 aliphatic heterocycles. The van der Waals surface area contributed by atoms with Crippen LogP contribution in [0.5, 0.6) is 0 Å². The molecule has 0 saturated carbocycles. The molecule has 0 bridgehead atoms. The zero-order valence-corrected chi connectivity index (χ0v) is 17.8. The van der Waals surface area contributed by atoms with E-state index < -0.39 is 11.7 Å². The maximum atomic E-state index is 13.4. The van der Waals surface area contributed by atoms with Gasteiger partial charge in [-0.15, -0.1) is 0 Å². The van der Waals surface area contributed by atoms with Crippen molar-refractivity contribution in [3.05, 3.63) is 53.6 Å². The van der Waals surface area contributed by atoms with E-state index in [1.54, 1.807) is 6.07 Å². The lowest BCUT2D eigenvalue weighted by Gasteiger charge is -2.48. The van der Waals surface area contributed by atoms with Gasteiger partial charge < -0.3 is 20.1 Å². The fourth-order valence-electron chi connectivity index (χ4n) is 5.17. The second-order valence-electron chi connectivity index (χ2n) is 8.94. The van der Waals surface area contributed by atoms with E-state index in [0.29, 0.717) is 24.4 Å². The lowest BCUT2D eigenvalue weighted by atomic mass is 9.73. The van der Waals surface area contributed by atoms with E-state index >= 15 is 0 Å². The number of nitrogens with zero attached hydrogens (tertiary/aromatic N) is 1. The maximum Gasteiger partial charge on any atom is 0.416 e. The van der Waals surface area contributed by atoms with Crippen molar-refractivity contribution in [1.29, 1.82) is 0 Å². The van der Waals surface area contributed by atoms with E-state index in [1.807, 2.05) is 13.1 Å². The van der Waals surface area contributed by atoms with Gasteiger partial charge in [0.15, 0.2) is 0 Å². The third kappa shape index (κ3) is 4.99. The van der Waals surface area contributed by atoms with Crippen LogP contribution in [0.25, 0.3) is 0 Å². The number of ether oxygens (including phenoxy) is 1. The van der Waals surface area contributed by atoms with Crippen LogP contribution in [-0.2, 0) is 10.9 Å². The van der Waals surface area contributed by atoms with E-state index in [4.69, 9.17) is 9.84 Å². The molecule has 0 amide bonds. The molecule has 3 aliphatic rings. The third-order valence-electron chi connectivity index (χ3n) is 6.71. The molecule has 0 radical (unpaired) electrons. The Bertz CT molecular complexity index is 824. The van der Waals surface area contributed by atoms with E-state index in [-0.39, 0.29) is 30.8 Å². The molecule has 4 rings (SSSR count). The Kier molecular flexibility index (Phi) is 6.74. The summed E-state index contributed by atoms with van der Waals surface area (Å²) in [7, 11) is 1.99. The van der Waals surface area contributed by atoms with Crippen LogP contribution in [-0.4, -0.2) is 48.9 Å². The number of halogens is 3. The first kappa shape index (κ1) is 22.4. The van der Waals surface area contributed by atoms with Crippen LogP contribution in [0.3, 0.4) is 0 Å². The molecule has 1 aliphatic carbocycles. The Morgan fingerprint density at radius 1 is 1.23 bits per heavy atom. The Hall–Kier alpha value is -1.83.